The first-order chi connectivity index (χ1) is 15.0. The Labute approximate surface area is 178 Å². The summed E-state index contributed by atoms with van der Waals surface area (Å²) in [6.45, 7) is 3.35. The van der Waals surface area contributed by atoms with E-state index in [9.17, 15) is 14.0 Å². The minimum absolute atomic E-state index is 0.00470. The van der Waals surface area contributed by atoms with Gasteiger partial charge in [0.15, 0.2) is 11.3 Å². The number of hydrogen-bond donors (Lipinski definition) is 1. The Kier molecular flexibility index (Phi) is 4.80. The van der Waals surface area contributed by atoms with Gasteiger partial charge in [0.2, 0.25) is 5.91 Å². The van der Waals surface area contributed by atoms with Crippen LogP contribution in [0.5, 0.6) is 0 Å². The molecule has 0 spiro atoms. The van der Waals surface area contributed by atoms with Gasteiger partial charge in [-0.3, -0.25) is 9.59 Å². The molecule has 0 aliphatic carbocycles. The molecule has 2 amide bonds. The molecule has 1 aromatic carbocycles. The van der Waals surface area contributed by atoms with Gasteiger partial charge in [0, 0.05) is 26.6 Å². The smallest absolute Gasteiger partial charge is 0.271 e. The van der Waals surface area contributed by atoms with Crippen molar-refractivity contribution in [1.82, 2.24) is 24.8 Å². The normalized spacial score (nSPS) is 19.0. The summed E-state index contributed by atoms with van der Waals surface area (Å²) in [6, 6.07) is 10.4. The molecule has 1 N–H and O–H groups in total. The van der Waals surface area contributed by atoms with Crippen LogP contribution < -0.4 is 10.2 Å². The summed E-state index contributed by atoms with van der Waals surface area (Å²) in [5, 5.41) is 7.63. The van der Waals surface area contributed by atoms with Crippen LogP contribution in [0.3, 0.4) is 0 Å². The summed E-state index contributed by atoms with van der Waals surface area (Å²) >= 11 is 0. The van der Waals surface area contributed by atoms with E-state index in [1.807, 2.05) is 18.2 Å². The second-order valence-corrected chi connectivity index (χ2v) is 8.11. The zero-order valence-electron chi connectivity index (χ0n) is 17.2. The molecule has 2 fully saturated rings. The van der Waals surface area contributed by atoms with Crippen molar-refractivity contribution < 1.29 is 14.0 Å². The lowest BCUT2D eigenvalue weighted by molar-refractivity contribution is -0.133. The van der Waals surface area contributed by atoms with Crippen LogP contribution in [-0.2, 0) is 4.79 Å². The lowest BCUT2D eigenvalue weighted by Gasteiger charge is -2.38. The number of carbonyl (C=O) groups excluding carboxylic acids is 2. The number of benzene rings is 1. The fraction of sp³-hybridized carbons (Fsp3) is 0.364. The van der Waals surface area contributed by atoms with Crippen LogP contribution in [-0.4, -0.2) is 57.0 Å². The topological polar surface area (TPSA) is 82.8 Å². The Bertz CT molecular complexity index is 1160. The molecule has 8 nitrogen and oxygen atoms in total. The summed E-state index contributed by atoms with van der Waals surface area (Å²) < 4.78 is 15.3. The zero-order valence-corrected chi connectivity index (χ0v) is 17.2. The lowest BCUT2D eigenvalue weighted by Crippen LogP contribution is -2.60. The Balaban J connectivity index is 1.39. The van der Waals surface area contributed by atoms with Crippen LogP contribution in [0.4, 0.5) is 10.2 Å². The van der Waals surface area contributed by atoms with Crippen LogP contribution in [0.25, 0.3) is 5.65 Å². The molecular weight excluding hydrogens is 399 g/mol. The van der Waals surface area contributed by atoms with Crippen LogP contribution in [0.15, 0.2) is 42.6 Å². The van der Waals surface area contributed by atoms with Gasteiger partial charge in [0.25, 0.3) is 5.91 Å². The van der Waals surface area contributed by atoms with Crippen LogP contribution in [0.1, 0.15) is 41.9 Å². The molecule has 2 aliphatic rings. The molecule has 4 heterocycles. The first kappa shape index (κ1) is 19.5. The zero-order chi connectivity index (χ0) is 21.5. The first-order valence-electron chi connectivity index (χ1n) is 10.4. The summed E-state index contributed by atoms with van der Waals surface area (Å²) in [7, 11) is 0. The standard InChI is InChI=1S/C22H23FN6O2/c1-14(30)27-12-17(13-27)25-22(31)19-11-24-20-7-8-21(26-29(19)20)28-9-3-6-18(28)15-4-2-5-16(23)10-15/h2,4-5,7-8,10-11,17-18H,3,6,9,12-13H2,1H3,(H,25,31). The van der Waals surface area contributed by atoms with Crippen LogP contribution >= 0.6 is 0 Å². The number of amides is 2. The molecule has 160 valence electrons. The number of rotatable bonds is 4. The second kappa shape index (κ2) is 7.64. The highest BCUT2D eigenvalue weighted by atomic mass is 19.1. The number of anilines is 1. The van der Waals surface area contributed by atoms with Crippen molar-refractivity contribution in [2.45, 2.75) is 31.8 Å². The minimum Gasteiger partial charge on any atom is -0.348 e. The highest BCUT2D eigenvalue weighted by molar-refractivity contribution is 5.93. The number of nitrogens with zero attached hydrogens (tertiary/aromatic N) is 5. The maximum absolute atomic E-state index is 13.8. The third kappa shape index (κ3) is 3.60. The van der Waals surface area contributed by atoms with E-state index in [1.54, 1.807) is 21.5 Å². The third-order valence-electron chi connectivity index (χ3n) is 6.02. The molecule has 3 aromatic rings. The lowest BCUT2D eigenvalue weighted by atomic mass is 10.0. The van der Waals surface area contributed by atoms with Gasteiger partial charge in [0.1, 0.15) is 11.6 Å². The molecule has 9 heteroatoms. The van der Waals surface area contributed by atoms with Crippen molar-refractivity contribution >= 4 is 23.3 Å². The quantitative estimate of drug-likeness (QED) is 0.697. The van der Waals surface area contributed by atoms with Crippen molar-refractivity contribution in [3.63, 3.8) is 0 Å². The van der Waals surface area contributed by atoms with Gasteiger partial charge in [-0.1, -0.05) is 12.1 Å². The van der Waals surface area contributed by atoms with E-state index in [0.29, 0.717) is 24.4 Å². The number of aromatic nitrogens is 3. The van der Waals surface area contributed by atoms with E-state index < -0.39 is 0 Å². The van der Waals surface area contributed by atoms with Crippen molar-refractivity contribution in [1.29, 1.82) is 0 Å². The molecule has 1 atom stereocenters. The SMILES string of the molecule is CC(=O)N1CC(NC(=O)c2cnc3ccc(N4CCCC4c4cccc(F)c4)nn23)C1. The highest BCUT2D eigenvalue weighted by Crippen LogP contribution is 2.35. The van der Waals surface area contributed by atoms with E-state index in [0.717, 1.165) is 30.8 Å². The van der Waals surface area contributed by atoms with E-state index in [4.69, 9.17) is 5.10 Å². The Morgan fingerprint density at radius 3 is 2.81 bits per heavy atom. The van der Waals surface area contributed by atoms with Gasteiger partial charge >= 0.3 is 0 Å². The number of carbonyl (C=O) groups is 2. The number of imidazole rings is 1. The van der Waals surface area contributed by atoms with Crippen LogP contribution in [0.2, 0.25) is 0 Å². The van der Waals surface area contributed by atoms with Crippen molar-refractivity contribution in [2.24, 2.45) is 0 Å². The predicted octanol–water partition coefficient (Wildman–Crippen LogP) is 2.17. The van der Waals surface area contributed by atoms with Crippen molar-refractivity contribution in [3.05, 3.63) is 59.7 Å². The average Bonchev–Trinajstić information content (AvgIpc) is 3.36. The summed E-state index contributed by atoms with van der Waals surface area (Å²) in [4.78, 5) is 32.2. The molecule has 0 bridgehead atoms. The van der Waals surface area contributed by atoms with Gasteiger partial charge in [-0.15, -0.1) is 5.10 Å². The van der Waals surface area contributed by atoms with E-state index in [1.165, 1.54) is 19.2 Å². The molecule has 31 heavy (non-hydrogen) atoms. The number of fused-ring (bicyclic) bond motifs is 1. The number of hydrogen-bond acceptors (Lipinski definition) is 5. The molecule has 0 saturated carbocycles. The molecule has 0 radical (unpaired) electrons. The number of nitrogens with one attached hydrogen (secondary N) is 1. The summed E-state index contributed by atoms with van der Waals surface area (Å²) in [5.74, 6) is 0.205. The van der Waals surface area contributed by atoms with Gasteiger partial charge in [-0.25, -0.2) is 13.9 Å². The number of halogens is 1. The minimum atomic E-state index is -0.270. The molecule has 1 unspecified atom stereocenters. The summed E-state index contributed by atoms with van der Waals surface area (Å²) in [6.07, 6.45) is 3.40. The summed E-state index contributed by atoms with van der Waals surface area (Å²) in [5.41, 5.74) is 1.84. The van der Waals surface area contributed by atoms with Crippen LogP contribution in [0, 0.1) is 5.82 Å². The third-order valence-corrected chi connectivity index (χ3v) is 6.02. The molecule has 2 aromatic heterocycles. The van der Waals surface area contributed by atoms with Gasteiger partial charge in [-0.05, 0) is 42.7 Å². The predicted molar refractivity (Wildman–Crippen MR) is 112 cm³/mol. The largest absolute Gasteiger partial charge is 0.348 e. The molecule has 5 rings (SSSR count). The first-order valence-corrected chi connectivity index (χ1v) is 10.4. The van der Waals surface area contributed by atoms with E-state index in [-0.39, 0.29) is 29.7 Å². The molecule has 2 saturated heterocycles. The number of likely N-dealkylation sites (tertiary alicyclic amines) is 1. The van der Waals surface area contributed by atoms with Crippen molar-refractivity contribution in [3.8, 4) is 0 Å². The van der Waals surface area contributed by atoms with Crippen molar-refractivity contribution in [2.75, 3.05) is 24.5 Å². The maximum Gasteiger partial charge on any atom is 0.271 e. The Morgan fingerprint density at radius 1 is 1.19 bits per heavy atom. The Hall–Kier alpha value is -3.49. The van der Waals surface area contributed by atoms with E-state index in [2.05, 4.69) is 15.2 Å². The fourth-order valence-corrected chi connectivity index (χ4v) is 4.36. The van der Waals surface area contributed by atoms with Gasteiger partial charge < -0.3 is 15.1 Å². The van der Waals surface area contributed by atoms with Gasteiger partial charge in [0.05, 0.1) is 18.3 Å². The fourth-order valence-electron chi connectivity index (χ4n) is 4.36. The highest BCUT2D eigenvalue weighted by Gasteiger charge is 2.31. The maximum atomic E-state index is 13.8. The molecular formula is C22H23FN6O2. The van der Waals surface area contributed by atoms with Gasteiger partial charge in [-0.2, -0.15) is 0 Å². The molecule has 2 aliphatic heterocycles. The average molecular weight is 422 g/mol. The van der Waals surface area contributed by atoms with E-state index >= 15 is 0 Å². The monoisotopic (exact) mass is 422 g/mol. The second-order valence-electron chi connectivity index (χ2n) is 8.11. The Morgan fingerprint density at radius 2 is 2.03 bits per heavy atom.